The number of anilines is 1. The molecule has 3 heterocycles. The van der Waals surface area contributed by atoms with Gasteiger partial charge in [0.05, 0.1) is 18.0 Å². The lowest BCUT2D eigenvalue weighted by atomic mass is 10.1. The van der Waals surface area contributed by atoms with Gasteiger partial charge in [0.25, 0.3) is 0 Å². The number of fused-ring (bicyclic) bond motifs is 1. The van der Waals surface area contributed by atoms with Gasteiger partial charge in [-0.1, -0.05) is 0 Å². The van der Waals surface area contributed by atoms with Gasteiger partial charge in [-0.05, 0) is 31.3 Å². The third kappa shape index (κ3) is 2.79. The summed E-state index contributed by atoms with van der Waals surface area (Å²) in [6.45, 7) is 1.38. The molecule has 6 heteroatoms. The molecule has 0 saturated heterocycles. The summed E-state index contributed by atoms with van der Waals surface area (Å²) >= 11 is 0. The molecular weight excluding hydrogens is 278 g/mol. The van der Waals surface area contributed by atoms with Gasteiger partial charge in [0.15, 0.2) is 0 Å². The first-order valence-electron chi connectivity index (χ1n) is 7.15. The van der Waals surface area contributed by atoms with Crippen molar-refractivity contribution in [2.75, 3.05) is 25.9 Å². The third-order valence-corrected chi connectivity index (χ3v) is 3.58. The van der Waals surface area contributed by atoms with E-state index in [-0.39, 0.29) is 6.61 Å². The Balaban J connectivity index is 2.14. The molecule has 0 fully saturated rings. The van der Waals surface area contributed by atoms with Crippen LogP contribution in [0.3, 0.4) is 0 Å². The SMILES string of the molecule is CN(CCO)Cc1c(-c2cccnc2)nc2ccc(N)cn12. The number of aliphatic hydroxyl groups is 1. The largest absolute Gasteiger partial charge is 0.398 e. The first kappa shape index (κ1) is 14.5. The molecular formula is C16H19N5O. The van der Waals surface area contributed by atoms with E-state index in [1.54, 1.807) is 12.4 Å². The van der Waals surface area contributed by atoms with E-state index in [0.29, 0.717) is 18.8 Å². The molecule has 3 aromatic rings. The lowest BCUT2D eigenvalue weighted by Gasteiger charge is -2.16. The number of aliphatic hydroxyl groups excluding tert-OH is 1. The number of pyridine rings is 2. The molecule has 0 aromatic carbocycles. The lowest BCUT2D eigenvalue weighted by Crippen LogP contribution is -2.22. The standard InChI is InChI=1S/C16H19N5O/c1-20(7-8-22)11-14-16(12-3-2-6-18-9-12)19-15-5-4-13(17)10-21(14)15/h2-6,9-10,22H,7-8,11,17H2,1H3. The van der Waals surface area contributed by atoms with Crippen LogP contribution in [0.4, 0.5) is 5.69 Å². The highest BCUT2D eigenvalue weighted by molar-refractivity contribution is 5.66. The number of hydrogen-bond acceptors (Lipinski definition) is 5. The second-order valence-electron chi connectivity index (χ2n) is 5.30. The van der Waals surface area contributed by atoms with E-state index in [4.69, 9.17) is 15.8 Å². The molecule has 0 atom stereocenters. The number of rotatable bonds is 5. The molecule has 0 unspecified atom stereocenters. The van der Waals surface area contributed by atoms with Crippen molar-refractivity contribution in [3.8, 4) is 11.3 Å². The van der Waals surface area contributed by atoms with E-state index in [9.17, 15) is 0 Å². The Kier molecular flexibility index (Phi) is 4.04. The molecule has 22 heavy (non-hydrogen) atoms. The summed E-state index contributed by atoms with van der Waals surface area (Å²) in [6, 6.07) is 7.64. The molecule has 0 aliphatic heterocycles. The summed E-state index contributed by atoms with van der Waals surface area (Å²) in [6.07, 6.45) is 5.43. The van der Waals surface area contributed by atoms with E-state index in [1.165, 1.54) is 0 Å². The van der Waals surface area contributed by atoms with Crippen LogP contribution in [0, 0.1) is 0 Å². The van der Waals surface area contributed by atoms with E-state index in [1.807, 2.05) is 46.8 Å². The molecule has 3 N–H and O–H groups in total. The molecule has 6 nitrogen and oxygen atoms in total. The average molecular weight is 297 g/mol. The zero-order valence-corrected chi connectivity index (χ0v) is 12.5. The van der Waals surface area contributed by atoms with Gasteiger partial charge in [0.2, 0.25) is 0 Å². The van der Waals surface area contributed by atoms with Gasteiger partial charge in [-0.3, -0.25) is 9.88 Å². The topological polar surface area (TPSA) is 79.7 Å². The minimum absolute atomic E-state index is 0.123. The molecule has 114 valence electrons. The van der Waals surface area contributed by atoms with Crippen molar-refractivity contribution in [3.05, 3.63) is 48.5 Å². The zero-order chi connectivity index (χ0) is 15.5. The highest BCUT2D eigenvalue weighted by atomic mass is 16.3. The maximum atomic E-state index is 9.11. The summed E-state index contributed by atoms with van der Waals surface area (Å²) in [5.41, 5.74) is 10.3. The summed E-state index contributed by atoms with van der Waals surface area (Å²) < 4.78 is 2.01. The average Bonchev–Trinajstić information content (AvgIpc) is 2.86. The number of nitrogens with two attached hydrogens (primary N) is 1. The lowest BCUT2D eigenvalue weighted by molar-refractivity contribution is 0.216. The van der Waals surface area contributed by atoms with E-state index >= 15 is 0 Å². The normalized spacial score (nSPS) is 11.4. The van der Waals surface area contributed by atoms with Gasteiger partial charge in [0, 0.05) is 42.9 Å². The van der Waals surface area contributed by atoms with Gasteiger partial charge >= 0.3 is 0 Å². The molecule has 0 saturated carbocycles. The van der Waals surface area contributed by atoms with Crippen LogP contribution in [0.5, 0.6) is 0 Å². The van der Waals surface area contributed by atoms with Gasteiger partial charge in [-0.25, -0.2) is 4.98 Å². The Morgan fingerprint density at radius 2 is 2.18 bits per heavy atom. The molecule has 0 aliphatic carbocycles. The van der Waals surface area contributed by atoms with Gasteiger partial charge in [-0.2, -0.15) is 0 Å². The van der Waals surface area contributed by atoms with E-state index in [2.05, 4.69) is 4.98 Å². The first-order chi connectivity index (χ1) is 10.7. The molecule has 0 spiro atoms. The van der Waals surface area contributed by atoms with Crippen molar-refractivity contribution in [1.82, 2.24) is 19.3 Å². The van der Waals surface area contributed by atoms with Crippen LogP contribution in [0.1, 0.15) is 5.69 Å². The highest BCUT2D eigenvalue weighted by Gasteiger charge is 2.15. The van der Waals surface area contributed by atoms with Crippen molar-refractivity contribution in [2.45, 2.75) is 6.54 Å². The summed E-state index contributed by atoms with van der Waals surface area (Å²) in [5, 5.41) is 9.11. The van der Waals surface area contributed by atoms with Crippen LogP contribution in [0.2, 0.25) is 0 Å². The fourth-order valence-electron chi connectivity index (χ4n) is 2.50. The first-order valence-corrected chi connectivity index (χ1v) is 7.15. The summed E-state index contributed by atoms with van der Waals surface area (Å²) in [7, 11) is 1.97. The van der Waals surface area contributed by atoms with Gasteiger partial charge in [-0.15, -0.1) is 0 Å². The maximum Gasteiger partial charge on any atom is 0.137 e. The van der Waals surface area contributed by atoms with Crippen molar-refractivity contribution >= 4 is 11.3 Å². The number of imidazole rings is 1. The van der Waals surface area contributed by atoms with Crippen LogP contribution < -0.4 is 5.73 Å². The third-order valence-electron chi connectivity index (χ3n) is 3.58. The molecule has 0 bridgehead atoms. The molecule has 0 aliphatic rings. The van der Waals surface area contributed by atoms with Crippen molar-refractivity contribution in [2.24, 2.45) is 0 Å². The molecule has 0 amide bonds. The zero-order valence-electron chi connectivity index (χ0n) is 12.5. The molecule has 3 rings (SSSR count). The minimum atomic E-state index is 0.123. The summed E-state index contributed by atoms with van der Waals surface area (Å²) in [4.78, 5) is 10.9. The Hall–Kier alpha value is -2.44. The number of nitrogens with zero attached hydrogens (tertiary/aromatic N) is 4. The Labute approximate surface area is 128 Å². The number of aromatic nitrogens is 3. The number of nitrogen functional groups attached to an aromatic ring is 1. The van der Waals surface area contributed by atoms with Crippen LogP contribution in [0.25, 0.3) is 16.9 Å². The second-order valence-corrected chi connectivity index (χ2v) is 5.30. The van der Waals surface area contributed by atoms with E-state index < -0.39 is 0 Å². The predicted molar refractivity (Wildman–Crippen MR) is 86.3 cm³/mol. The van der Waals surface area contributed by atoms with Crippen molar-refractivity contribution in [3.63, 3.8) is 0 Å². The fraction of sp³-hybridized carbons (Fsp3) is 0.250. The summed E-state index contributed by atoms with van der Waals surface area (Å²) in [5.74, 6) is 0. The van der Waals surface area contributed by atoms with Crippen LogP contribution in [-0.2, 0) is 6.54 Å². The Bertz CT molecular complexity index is 769. The van der Waals surface area contributed by atoms with Crippen LogP contribution >= 0.6 is 0 Å². The minimum Gasteiger partial charge on any atom is -0.398 e. The molecule has 3 aromatic heterocycles. The second kappa shape index (κ2) is 6.13. The monoisotopic (exact) mass is 297 g/mol. The fourth-order valence-corrected chi connectivity index (χ4v) is 2.50. The van der Waals surface area contributed by atoms with Crippen LogP contribution in [-0.4, -0.2) is 44.6 Å². The number of hydrogen-bond donors (Lipinski definition) is 2. The molecule has 0 radical (unpaired) electrons. The Morgan fingerprint density at radius 1 is 1.32 bits per heavy atom. The van der Waals surface area contributed by atoms with Gasteiger partial charge in [0.1, 0.15) is 5.65 Å². The Morgan fingerprint density at radius 3 is 2.91 bits per heavy atom. The van der Waals surface area contributed by atoms with Crippen molar-refractivity contribution < 1.29 is 5.11 Å². The smallest absolute Gasteiger partial charge is 0.137 e. The van der Waals surface area contributed by atoms with Crippen molar-refractivity contribution in [1.29, 1.82) is 0 Å². The van der Waals surface area contributed by atoms with E-state index in [0.717, 1.165) is 22.6 Å². The van der Waals surface area contributed by atoms with Crippen LogP contribution in [0.15, 0.2) is 42.9 Å². The number of likely N-dealkylation sites (N-methyl/N-ethyl adjacent to an activating group) is 1. The quantitative estimate of drug-likeness (QED) is 0.744. The van der Waals surface area contributed by atoms with Gasteiger partial charge < -0.3 is 15.2 Å². The highest BCUT2D eigenvalue weighted by Crippen LogP contribution is 2.25. The predicted octanol–water partition coefficient (Wildman–Crippen LogP) is 1.40. The maximum absolute atomic E-state index is 9.11.